The number of hydrogen-bond donors (Lipinski definition) is 2. The highest BCUT2D eigenvalue weighted by atomic mass is 16.7. The second kappa shape index (κ2) is 16.1. The van der Waals surface area contributed by atoms with Crippen molar-refractivity contribution in [3.63, 3.8) is 0 Å². The molecule has 1 aromatic rings. The largest absolute Gasteiger partial charge is 0.510 e. The molecule has 0 bridgehead atoms. The normalized spacial score (nSPS) is 13.6. The average Bonchev–Trinajstić information content (AvgIpc) is 2.85. The summed E-state index contributed by atoms with van der Waals surface area (Å²) in [7, 11) is 0. The van der Waals surface area contributed by atoms with Crippen molar-refractivity contribution in [2.75, 3.05) is 6.61 Å². The summed E-state index contributed by atoms with van der Waals surface area (Å²) in [6.45, 7) is 13.1. The van der Waals surface area contributed by atoms with Crippen LogP contribution < -0.4 is 14.8 Å². The minimum absolute atomic E-state index is 0.0170. The van der Waals surface area contributed by atoms with Crippen LogP contribution in [-0.2, 0) is 30.3 Å². The Morgan fingerprint density at radius 2 is 1.49 bits per heavy atom. The molecule has 0 aliphatic rings. The number of carboxylic acids is 1. The maximum Gasteiger partial charge on any atom is 0.510 e. The first kappa shape index (κ1) is 33.9. The highest BCUT2D eigenvalue weighted by molar-refractivity contribution is 5.81. The molecule has 0 saturated heterocycles. The zero-order chi connectivity index (χ0) is 29.6. The van der Waals surface area contributed by atoms with Gasteiger partial charge in [0.2, 0.25) is 0 Å². The van der Waals surface area contributed by atoms with Gasteiger partial charge in [-0.2, -0.15) is 0 Å². The van der Waals surface area contributed by atoms with E-state index >= 15 is 0 Å². The van der Waals surface area contributed by atoms with Crippen molar-refractivity contribution in [2.24, 2.45) is 5.41 Å². The van der Waals surface area contributed by atoms with Gasteiger partial charge in [0.1, 0.15) is 0 Å². The Hall–Kier alpha value is -3.14. The van der Waals surface area contributed by atoms with Gasteiger partial charge < -0.3 is 24.1 Å². The van der Waals surface area contributed by atoms with Crippen LogP contribution in [0.2, 0.25) is 0 Å². The van der Waals surface area contributed by atoms with Crippen LogP contribution in [0.4, 0.5) is 4.79 Å². The van der Waals surface area contributed by atoms with Gasteiger partial charge in [-0.1, -0.05) is 60.5 Å². The fourth-order valence-electron chi connectivity index (χ4n) is 3.35. The fraction of sp³-hybridized carbons (Fsp3) is 0.655. The van der Waals surface area contributed by atoms with Crippen molar-refractivity contribution >= 4 is 24.1 Å². The van der Waals surface area contributed by atoms with Gasteiger partial charge in [0, 0.05) is 25.3 Å². The second-order valence-electron chi connectivity index (χ2n) is 10.9. The summed E-state index contributed by atoms with van der Waals surface area (Å²) in [5.74, 6) is -2.38. The summed E-state index contributed by atoms with van der Waals surface area (Å²) in [6.07, 6.45) is 2.35. The predicted molar refractivity (Wildman–Crippen MR) is 146 cm³/mol. The van der Waals surface area contributed by atoms with E-state index in [9.17, 15) is 24.3 Å². The fourth-order valence-corrected chi connectivity index (χ4v) is 3.35. The van der Waals surface area contributed by atoms with E-state index in [1.165, 1.54) is 18.2 Å². The Balaban J connectivity index is 3.39. The maximum atomic E-state index is 12.6. The molecule has 0 saturated carbocycles. The smallest absolute Gasteiger partial charge is 0.477 e. The first-order valence-electron chi connectivity index (χ1n) is 13.7. The first-order chi connectivity index (χ1) is 18.2. The lowest BCUT2D eigenvalue weighted by Crippen LogP contribution is -2.59. The zero-order valence-corrected chi connectivity index (χ0v) is 24.4. The number of ether oxygens (including phenoxy) is 4. The van der Waals surface area contributed by atoms with Gasteiger partial charge in [-0.05, 0) is 49.3 Å². The molecule has 0 spiro atoms. The third kappa shape index (κ3) is 12.5. The molecule has 2 N–H and O–H groups in total. The number of rotatable bonds is 16. The van der Waals surface area contributed by atoms with Crippen LogP contribution in [0.15, 0.2) is 18.2 Å². The Bertz CT molecular complexity index is 970. The number of aliphatic carboxylic acids is 1. The van der Waals surface area contributed by atoms with Crippen molar-refractivity contribution in [3.05, 3.63) is 23.8 Å². The minimum Gasteiger partial charge on any atom is -0.477 e. The van der Waals surface area contributed by atoms with E-state index in [1.807, 2.05) is 41.5 Å². The molecular formula is C29H45NO9. The summed E-state index contributed by atoms with van der Waals surface area (Å²) < 4.78 is 21.6. The lowest BCUT2D eigenvalue weighted by Gasteiger charge is -2.33. The number of benzene rings is 1. The number of esters is 2. The van der Waals surface area contributed by atoms with Gasteiger partial charge in [0.05, 0.1) is 6.61 Å². The topological polar surface area (TPSA) is 137 Å². The van der Waals surface area contributed by atoms with Gasteiger partial charge in [0.25, 0.3) is 5.72 Å². The third-order valence-electron chi connectivity index (χ3n) is 5.70. The van der Waals surface area contributed by atoms with E-state index < -0.39 is 29.8 Å². The summed E-state index contributed by atoms with van der Waals surface area (Å²) in [5.41, 5.74) is -2.16. The molecule has 0 aromatic heterocycles. The highest BCUT2D eigenvalue weighted by Crippen LogP contribution is 2.32. The second-order valence-corrected chi connectivity index (χ2v) is 10.9. The summed E-state index contributed by atoms with van der Waals surface area (Å²) in [4.78, 5) is 49.8. The summed E-state index contributed by atoms with van der Waals surface area (Å²) in [5, 5.41) is 13.1. The highest BCUT2D eigenvalue weighted by Gasteiger charge is 2.45. The number of carboxylic acid groups (broad SMARTS) is 1. The van der Waals surface area contributed by atoms with Crippen LogP contribution >= 0.6 is 0 Å². The zero-order valence-electron chi connectivity index (χ0n) is 24.4. The molecule has 0 aliphatic heterocycles. The van der Waals surface area contributed by atoms with Gasteiger partial charge in [-0.25, -0.2) is 9.59 Å². The van der Waals surface area contributed by atoms with Crippen LogP contribution in [0.25, 0.3) is 0 Å². The Labute approximate surface area is 231 Å². The van der Waals surface area contributed by atoms with Crippen molar-refractivity contribution in [1.82, 2.24) is 5.32 Å². The third-order valence-corrected chi connectivity index (χ3v) is 5.70. The minimum atomic E-state index is -2.17. The molecule has 0 fully saturated rings. The summed E-state index contributed by atoms with van der Waals surface area (Å²) in [6, 6.07) is 4.06. The number of carbonyl (C=O) groups is 4. The molecule has 0 amide bonds. The Kier molecular flexibility index (Phi) is 14.0. The molecule has 0 aliphatic carbocycles. The number of nitrogens with one attached hydrogen (secondary N) is 1. The number of hydrogen-bond acceptors (Lipinski definition) is 9. The SMILES string of the molecule is CCCCC(=O)Oc1ccc(C[C@](NC(C)CC)(OC(=O)OCC(C)(C)C)C(=O)O)cc1OC(=O)CCCC. The van der Waals surface area contributed by atoms with Gasteiger partial charge >= 0.3 is 24.1 Å². The maximum absolute atomic E-state index is 12.6. The summed E-state index contributed by atoms with van der Waals surface area (Å²) >= 11 is 0. The molecule has 0 heterocycles. The van der Waals surface area contributed by atoms with Crippen molar-refractivity contribution in [3.8, 4) is 11.5 Å². The Morgan fingerprint density at radius 3 is 1.97 bits per heavy atom. The van der Waals surface area contributed by atoms with E-state index in [2.05, 4.69) is 5.32 Å². The van der Waals surface area contributed by atoms with E-state index in [1.54, 1.807) is 6.92 Å². The molecule has 10 nitrogen and oxygen atoms in total. The molecule has 39 heavy (non-hydrogen) atoms. The van der Waals surface area contributed by atoms with Crippen LogP contribution in [0, 0.1) is 5.41 Å². The average molecular weight is 552 g/mol. The van der Waals surface area contributed by atoms with Gasteiger partial charge in [-0.15, -0.1) is 0 Å². The van der Waals surface area contributed by atoms with E-state index in [-0.39, 0.29) is 48.8 Å². The lowest BCUT2D eigenvalue weighted by molar-refractivity contribution is -0.167. The van der Waals surface area contributed by atoms with Crippen LogP contribution in [0.5, 0.6) is 11.5 Å². The van der Waals surface area contributed by atoms with Crippen LogP contribution in [0.3, 0.4) is 0 Å². The molecule has 10 heteroatoms. The molecule has 1 unspecified atom stereocenters. The van der Waals surface area contributed by atoms with Crippen molar-refractivity contribution < 1.29 is 43.2 Å². The molecule has 1 aromatic carbocycles. The van der Waals surface area contributed by atoms with Crippen LogP contribution in [-0.4, -0.2) is 47.5 Å². The molecule has 0 radical (unpaired) electrons. The molecule has 220 valence electrons. The van der Waals surface area contributed by atoms with E-state index in [0.29, 0.717) is 24.8 Å². The van der Waals surface area contributed by atoms with Crippen molar-refractivity contribution in [2.45, 2.75) is 112 Å². The predicted octanol–water partition coefficient (Wildman–Crippen LogP) is 5.79. The monoisotopic (exact) mass is 551 g/mol. The van der Waals surface area contributed by atoms with E-state index in [4.69, 9.17) is 18.9 Å². The van der Waals surface area contributed by atoms with E-state index in [0.717, 1.165) is 12.8 Å². The lowest BCUT2D eigenvalue weighted by atomic mass is 9.99. The van der Waals surface area contributed by atoms with Crippen LogP contribution in [0.1, 0.15) is 99.0 Å². The quantitative estimate of drug-likeness (QED) is 0.147. The van der Waals surface area contributed by atoms with Gasteiger partial charge in [0.15, 0.2) is 11.5 Å². The van der Waals surface area contributed by atoms with Gasteiger partial charge in [-0.3, -0.25) is 14.9 Å². The molecule has 2 atom stereocenters. The standard InChI is InChI=1S/C29H45NO9/c1-8-11-13-24(31)37-22-16-15-21(17-23(22)38-25(32)14-12-9-2)18-29(26(33)34,30-20(4)10-3)39-27(35)36-19-28(5,6)7/h15-17,20,30H,8-14,18-19H2,1-7H3,(H,33,34)/t20?,29-/m0/s1. The molecular weight excluding hydrogens is 506 g/mol. The first-order valence-corrected chi connectivity index (χ1v) is 13.7. The van der Waals surface area contributed by atoms with Crippen molar-refractivity contribution in [1.29, 1.82) is 0 Å². The molecule has 1 rings (SSSR count). The number of unbranched alkanes of at least 4 members (excludes halogenated alkanes) is 2. The Morgan fingerprint density at radius 1 is 0.923 bits per heavy atom. The number of carbonyl (C=O) groups excluding carboxylic acids is 3.